The first kappa shape index (κ1) is 12.4. The molecule has 2 saturated heterocycles. The smallest absolute Gasteiger partial charge is 0.0156 e. The van der Waals surface area contributed by atoms with Crippen molar-refractivity contribution in [3.05, 3.63) is 0 Å². The Morgan fingerprint density at radius 2 is 1.75 bits per heavy atom. The molecule has 2 aliphatic rings. The number of hydrogen-bond acceptors (Lipinski definition) is 2. The summed E-state index contributed by atoms with van der Waals surface area (Å²) in [4.78, 5) is 5.21. The van der Waals surface area contributed by atoms with Crippen molar-refractivity contribution in [2.45, 2.75) is 51.5 Å². The molecule has 2 nitrogen and oxygen atoms in total. The molecule has 2 aliphatic heterocycles. The molecule has 0 saturated carbocycles. The second-order valence-corrected chi connectivity index (χ2v) is 6.48. The molecule has 0 aliphatic carbocycles. The molecule has 0 aromatic rings. The summed E-state index contributed by atoms with van der Waals surface area (Å²) in [5, 5.41) is 0. The van der Waals surface area contributed by atoms with Crippen molar-refractivity contribution >= 4 is 0 Å². The first-order valence-corrected chi connectivity index (χ1v) is 7.01. The summed E-state index contributed by atoms with van der Waals surface area (Å²) in [5.41, 5.74) is 0.427. The van der Waals surface area contributed by atoms with Gasteiger partial charge in [0.2, 0.25) is 0 Å². The molecule has 1 unspecified atom stereocenters. The minimum absolute atomic E-state index is 0.427. The molecule has 0 amide bonds. The van der Waals surface area contributed by atoms with E-state index in [2.05, 4.69) is 30.7 Å². The Morgan fingerprint density at radius 1 is 1.06 bits per heavy atom. The van der Waals surface area contributed by atoms with Crippen LogP contribution in [-0.2, 0) is 0 Å². The fourth-order valence-corrected chi connectivity index (χ4v) is 3.53. The van der Waals surface area contributed by atoms with Crippen molar-refractivity contribution in [1.82, 2.24) is 9.80 Å². The summed E-state index contributed by atoms with van der Waals surface area (Å²) in [6, 6.07) is 0. The average molecular weight is 224 g/mol. The predicted octanol–water partition coefficient (Wildman–Crippen LogP) is 2.59. The average Bonchev–Trinajstić information content (AvgIpc) is 2.64. The van der Waals surface area contributed by atoms with Gasteiger partial charge in [-0.05, 0) is 72.1 Å². The molecule has 1 atom stereocenters. The highest BCUT2D eigenvalue weighted by molar-refractivity contribution is 4.88. The summed E-state index contributed by atoms with van der Waals surface area (Å²) < 4.78 is 0. The Labute approximate surface area is 101 Å². The van der Waals surface area contributed by atoms with E-state index in [-0.39, 0.29) is 0 Å². The van der Waals surface area contributed by atoms with E-state index >= 15 is 0 Å². The van der Waals surface area contributed by atoms with Gasteiger partial charge in [0.05, 0.1) is 0 Å². The van der Waals surface area contributed by atoms with Crippen LogP contribution in [-0.4, -0.2) is 48.6 Å². The van der Waals surface area contributed by atoms with Gasteiger partial charge < -0.3 is 4.90 Å². The number of likely N-dealkylation sites (tertiary alicyclic amines) is 2. The third-order valence-corrected chi connectivity index (χ3v) is 4.49. The molecule has 16 heavy (non-hydrogen) atoms. The van der Waals surface area contributed by atoms with Gasteiger partial charge in [-0.15, -0.1) is 0 Å². The lowest BCUT2D eigenvalue weighted by Crippen LogP contribution is -2.47. The highest BCUT2D eigenvalue weighted by atomic mass is 15.2. The van der Waals surface area contributed by atoms with E-state index in [4.69, 9.17) is 0 Å². The van der Waals surface area contributed by atoms with Gasteiger partial charge in [-0.3, -0.25) is 4.90 Å². The van der Waals surface area contributed by atoms with Gasteiger partial charge >= 0.3 is 0 Å². The summed E-state index contributed by atoms with van der Waals surface area (Å²) in [6.07, 6.45) is 7.06. The van der Waals surface area contributed by atoms with Gasteiger partial charge in [0, 0.05) is 12.1 Å². The monoisotopic (exact) mass is 224 g/mol. The van der Waals surface area contributed by atoms with Gasteiger partial charge in [-0.1, -0.05) is 6.42 Å². The first-order valence-electron chi connectivity index (χ1n) is 7.01. The van der Waals surface area contributed by atoms with Crippen molar-refractivity contribution in [3.63, 3.8) is 0 Å². The lowest BCUT2D eigenvalue weighted by Gasteiger charge is -2.42. The Morgan fingerprint density at radius 3 is 2.31 bits per heavy atom. The molecule has 0 bridgehead atoms. The van der Waals surface area contributed by atoms with Crippen LogP contribution in [0.4, 0.5) is 0 Å². The number of rotatable bonds is 3. The second kappa shape index (κ2) is 5.05. The van der Waals surface area contributed by atoms with E-state index in [1.54, 1.807) is 0 Å². The number of hydrogen-bond donors (Lipinski definition) is 0. The molecule has 2 fully saturated rings. The Hall–Kier alpha value is -0.0800. The van der Waals surface area contributed by atoms with E-state index < -0.39 is 0 Å². The topological polar surface area (TPSA) is 6.48 Å². The summed E-state index contributed by atoms with van der Waals surface area (Å²) >= 11 is 0. The van der Waals surface area contributed by atoms with Crippen LogP contribution < -0.4 is 0 Å². The molecule has 94 valence electrons. The van der Waals surface area contributed by atoms with Crippen LogP contribution >= 0.6 is 0 Å². The molecule has 0 aromatic carbocycles. The fraction of sp³-hybridized carbons (Fsp3) is 1.00. The van der Waals surface area contributed by atoms with E-state index in [1.165, 1.54) is 58.3 Å². The highest BCUT2D eigenvalue weighted by Crippen LogP contribution is 2.30. The van der Waals surface area contributed by atoms with Crippen LogP contribution in [0, 0.1) is 5.92 Å². The standard InChI is InChI=1S/C14H28N2/c1-14(2,16-8-5-4-6-9-16)11-13-7-10-15(3)12-13/h13H,4-12H2,1-3H3. The van der Waals surface area contributed by atoms with Gasteiger partial charge in [0.15, 0.2) is 0 Å². The van der Waals surface area contributed by atoms with Gasteiger partial charge in [-0.2, -0.15) is 0 Å². The lowest BCUT2D eigenvalue weighted by atomic mass is 9.87. The fourth-order valence-electron chi connectivity index (χ4n) is 3.53. The summed E-state index contributed by atoms with van der Waals surface area (Å²) in [5.74, 6) is 0.932. The van der Waals surface area contributed by atoms with Crippen molar-refractivity contribution in [1.29, 1.82) is 0 Å². The van der Waals surface area contributed by atoms with Gasteiger partial charge in [0.25, 0.3) is 0 Å². The molecule has 0 radical (unpaired) electrons. The van der Waals surface area contributed by atoms with Crippen LogP contribution in [0.1, 0.15) is 46.0 Å². The van der Waals surface area contributed by atoms with Crippen LogP contribution in [0.3, 0.4) is 0 Å². The summed E-state index contributed by atoms with van der Waals surface area (Å²) in [6.45, 7) is 10.2. The maximum Gasteiger partial charge on any atom is 0.0156 e. The minimum atomic E-state index is 0.427. The Bertz CT molecular complexity index is 219. The van der Waals surface area contributed by atoms with Crippen LogP contribution in [0.2, 0.25) is 0 Å². The van der Waals surface area contributed by atoms with Crippen molar-refractivity contribution in [2.24, 2.45) is 5.92 Å². The van der Waals surface area contributed by atoms with E-state index in [0.717, 1.165) is 5.92 Å². The van der Waals surface area contributed by atoms with E-state index in [9.17, 15) is 0 Å². The lowest BCUT2D eigenvalue weighted by molar-refractivity contribution is 0.0742. The van der Waals surface area contributed by atoms with Gasteiger partial charge in [-0.25, -0.2) is 0 Å². The molecule has 2 heterocycles. The molecular weight excluding hydrogens is 196 g/mol. The van der Waals surface area contributed by atoms with Crippen LogP contribution in [0.5, 0.6) is 0 Å². The molecule has 2 heteroatoms. The van der Waals surface area contributed by atoms with Crippen LogP contribution in [0.15, 0.2) is 0 Å². The Balaban J connectivity index is 1.85. The summed E-state index contributed by atoms with van der Waals surface area (Å²) in [7, 11) is 2.26. The maximum atomic E-state index is 2.73. The van der Waals surface area contributed by atoms with E-state index in [1.807, 2.05) is 0 Å². The third-order valence-electron chi connectivity index (χ3n) is 4.49. The van der Waals surface area contributed by atoms with Crippen LogP contribution in [0.25, 0.3) is 0 Å². The SMILES string of the molecule is CN1CCC(CC(C)(C)N2CCCCC2)C1. The second-order valence-electron chi connectivity index (χ2n) is 6.48. The largest absolute Gasteiger partial charge is 0.306 e. The Kier molecular flexibility index (Phi) is 3.91. The molecule has 0 aromatic heterocycles. The van der Waals surface area contributed by atoms with Gasteiger partial charge in [0.1, 0.15) is 0 Å². The normalized spacial score (nSPS) is 29.8. The van der Waals surface area contributed by atoms with Crippen molar-refractivity contribution in [3.8, 4) is 0 Å². The zero-order valence-electron chi connectivity index (χ0n) is 11.3. The molecule has 0 spiro atoms. The molecule has 2 rings (SSSR count). The predicted molar refractivity (Wildman–Crippen MR) is 69.7 cm³/mol. The number of nitrogens with zero attached hydrogens (tertiary/aromatic N) is 2. The quantitative estimate of drug-likeness (QED) is 0.727. The first-order chi connectivity index (χ1) is 7.58. The zero-order valence-corrected chi connectivity index (χ0v) is 11.3. The number of piperidine rings is 1. The van der Waals surface area contributed by atoms with Crippen molar-refractivity contribution in [2.75, 3.05) is 33.2 Å². The molecular formula is C14H28N2. The van der Waals surface area contributed by atoms with Crippen molar-refractivity contribution < 1.29 is 0 Å². The highest BCUT2D eigenvalue weighted by Gasteiger charge is 2.32. The van der Waals surface area contributed by atoms with E-state index in [0.29, 0.717) is 5.54 Å². The zero-order chi connectivity index (χ0) is 11.6. The molecule has 0 N–H and O–H groups in total. The third kappa shape index (κ3) is 2.98. The maximum absolute atomic E-state index is 2.73. The minimum Gasteiger partial charge on any atom is -0.306 e.